The maximum absolute atomic E-state index is 13.1. The van der Waals surface area contributed by atoms with Crippen LogP contribution in [0, 0.1) is 5.41 Å². The normalized spacial score (nSPS) is 20.0. The second-order valence-electron chi connectivity index (χ2n) is 7.34. The molecule has 1 saturated heterocycles. The van der Waals surface area contributed by atoms with Crippen molar-refractivity contribution in [3.05, 3.63) is 48.3 Å². The van der Waals surface area contributed by atoms with Crippen molar-refractivity contribution in [1.29, 1.82) is 5.41 Å². The van der Waals surface area contributed by atoms with Crippen LogP contribution < -0.4 is 16.0 Å². The van der Waals surface area contributed by atoms with Gasteiger partial charge in [0.25, 0.3) is 0 Å². The van der Waals surface area contributed by atoms with E-state index in [2.05, 4.69) is 25.3 Å². The zero-order valence-electron chi connectivity index (χ0n) is 16.8. The lowest BCUT2D eigenvalue weighted by Gasteiger charge is -2.39. The van der Waals surface area contributed by atoms with Crippen molar-refractivity contribution in [1.82, 2.24) is 29.7 Å². The number of piperazine rings is 1. The van der Waals surface area contributed by atoms with Crippen molar-refractivity contribution < 1.29 is 13.2 Å². The van der Waals surface area contributed by atoms with Crippen LogP contribution >= 0.6 is 11.6 Å². The number of hydrogen-bond acceptors (Lipinski definition) is 8. The van der Waals surface area contributed by atoms with Gasteiger partial charge in [-0.1, -0.05) is 11.6 Å². The molecule has 1 fully saturated rings. The summed E-state index contributed by atoms with van der Waals surface area (Å²) < 4.78 is 40.6. The smallest absolute Gasteiger partial charge is 0.404 e. The lowest BCUT2D eigenvalue weighted by atomic mass is 10.0. The van der Waals surface area contributed by atoms with Crippen LogP contribution in [0.25, 0.3) is 17.2 Å². The molecule has 1 aliphatic rings. The highest BCUT2D eigenvalue weighted by Crippen LogP contribution is 2.29. The van der Waals surface area contributed by atoms with E-state index in [1.54, 1.807) is 6.07 Å². The average molecular weight is 466 g/mol. The Morgan fingerprint density at radius 2 is 2.06 bits per heavy atom. The number of nitrogens with zero attached hydrogens (tertiary/aromatic N) is 6. The lowest BCUT2D eigenvalue weighted by molar-refractivity contribution is -0.141. The minimum atomic E-state index is -4.59. The topological polar surface area (TPSA) is 121 Å². The lowest BCUT2D eigenvalue weighted by Crippen LogP contribution is -2.57. The molecule has 2 atom stereocenters. The van der Waals surface area contributed by atoms with E-state index in [1.807, 2.05) is 11.8 Å². The van der Waals surface area contributed by atoms with Gasteiger partial charge in [0.1, 0.15) is 16.7 Å². The zero-order chi connectivity index (χ0) is 23.0. The van der Waals surface area contributed by atoms with Gasteiger partial charge in [0.2, 0.25) is 0 Å². The summed E-state index contributed by atoms with van der Waals surface area (Å²) in [5.74, 6) is 0.794. The molecule has 0 radical (unpaired) electrons. The number of alkyl halides is 3. The van der Waals surface area contributed by atoms with E-state index in [0.29, 0.717) is 30.2 Å². The number of rotatable bonds is 4. The first-order valence-corrected chi connectivity index (χ1v) is 9.96. The molecule has 4 N–H and O–H groups in total. The molecule has 0 aliphatic carbocycles. The van der Waals surface area contributed by atoms with Gasteiger partial charge in [-0.25, -0.2) is 19.9 Å². The SMILES string of the molecule is CC1CN(c2ccnc(-c3cnc4cnc(C(F)(F)F)cn34)n2)CC(/C(=C/N)C(=N)Cl)N1. The first-order valence-electron chi connectivity index (χ1n) is 9.58. The number of imidazole rings is 1. The predicted octanol–water partition coefficient (Wildman–Crippen LogP) is 2.43. The molecule has 3 aromatic heterocycles. The summed E-state index contributed by atoms with van der Waals surface area (Å²) in [6, 6.07) is 1.46. The molecule has 0 amide bonds. The van der Waals surface area contributed by atoms with Crippen molar-refractivity contribution in [3.63, 3.8) is 0 Å². The van der Waals surface area contributed by atoms with Gasteiger partial charge in [-0.3, -0.25) is 9.81 Å². The molecule has 13 heteroatoms. The Morgan fingerprint density at radius 1 is 1.28 bits per heavy atom. The summed E-state index contributed by atoms with van der Waals surface area (Å²) >= 11 is 5.87. The fourth-order valence-corrected chi connectivity index (χ4v) is 3.84. The molecule has 0 bridgehead atoms. The van der Waals surface area contributed by atoms with Crippen molar-refractivity contribution in [2.75, 3.05) is 18.0 Å². The Labute approximate surface area is 185 Å². The van der Waals surface area contributed by atoms with E-state index in [4.69, 9.17) is 22.7 Å². The zero-order valence-corrected chi connectivity index (χ0v) is 17.6. The number of fused-ring (bicyclic) bond motifs is 1. The van der Waals surface area contributed by atoms with Gasteiger partial charge in [-0.15, -0.1) is 0 Å². The third-order valence-electron chi connectivity index (χ3n) is 5.07. The largest absolute Gasteiger partial charge is 0.434 e. The van der Waals surface area contributed by atoms with Gasteiger partial charge in [-0.05, 0) is 13.0 Å². The summed E-state index contributed by atoms with van der Waals surface area (Å²) in [7, 11) is 0. The summed E-state index contributed by atoms with van der Waals surface area (Å²) in [6.45, 7) is 3.02. The highest BCUT2D eigenvalue weighted by Gasteiger charge is 2.33. The van der Waals surface area contributed by atoms with Crippen LogP contribution in [0.5, 0.6) is 0 Å². The Morgan fingerprint density at radius 3 is 2.75 bits per heavy atom. The number of halogens is 4. The van der Waals surface area contributed by atoms with Crippen LogP contribution in [0.4, 0.5) is 19.0 Å². The fourth-order valence-electron chi connectivity index (χ4n) is 3.64. The monoisotopic (exact) mass is 465 g/mol. The first-order chi connectivity index (χ1) is 15.2. The molecule has 0 aromatic carbocycles. The standard InChI is InChI=1S/C19H19ClF3N9/c1-10-7-31(8-12(29-10)11(4-24)17(20)25)15-2-3-26-18(30-15)13-5-28-16-6-27-14(9-32(13)16)19(21,22)23/h2-6,9-10,12,25,29H,7-8,24H2,1H3/b11-4-,25-17?. The number of nitrogens with two attached hydrogens (primary N) is 1. The number of aromatic nitrogens is 5. The minimum Gasteiger partial charge on any atom is -0.404 e. The molecule has 4 rings (SSSR count). The molecule has 0 saturated carbocycles. The van der Waals surface area contributed by atoms with E-state index in [0.717, 1.165) is 12.4 Å². The van der Waals surface area contributed by atoms with E-state index < -0.39 is 11.9 Å². The average Bonchev–Trinajstić information content (AvgIpc) is 3.16. The fraction of sp³-hybridized carbons (Fsp3) is 0.316. The van der Waals surface area contributed by atoms with Gasteiger partial charge in [-0.2, -0.15) is 13.2 Å². The second-order valence-corrected chi connectivity index (χ2v) is 7.72. The van der Waals surface area contributed by atoms with Gasteiger partial charge >= 0.3 is 6.18 Å². The Bertz CT molecular complexity index is 1190. The minimum absolute atomic E-state index is 0.0364. The van der Waals surface area contributed by atoms with Crippen LogP contribution in [0.1, 0.15) is 12.6 Å². The van der Waals surface area contributed by atoms with Gasteiger partial charge in [0, 0.05) is 43.3 Å². The van der Waals surface area contributed by atoms with Crippen molar-refractivity contribution in [2.24, 2.45) is 5.73 Å². The van der Waals surface area contributed by atoms with Crippen LogP contribution in [0.3, 0.4) is 0 Å². The van der Waals surface area contributed by atoms with Crippen LogP contribution in [-0.4, -0.2) is 54.7 Å². The molecule has 3 aromatic rings. The second kappa shape index (κ2) is 8.36. The molecule has 32 heavy (non-hydrogen) atoms. The van der Waals surface area contributed by atoms with Crippen LogP contribution in [0.15, 0.2) is 42.6 Å². The maximum Gasteiger partial charge on any atom is 0.434 e. The molecule has 9 nitrogen and oxygen atoms in total. The Hall–Kier alpha value is -3.25. The Balaban J connectivity index is 1.69. The quantitative estimate of drug-likeness (QED) is 0.506. The summed E-state index contributed by atoms with van der Waals surface area (Å²) in [6.07, 6.45) is 1.59. The van der Waals surface area contributed by atoms with Crippen molar-refractivity contribution in [2.45, 2.75) is 25.2 Å². The molecule has 0 spiro atoms. The van der Waals surface area contributed by atoms with E-state index in [1.165, 1.54) is 23.0 Å². The number of hydrogen-bond donors (Lipinski definition) is 3. The molecule has 1 aliphatic heterocycles. The third-order valence-corrected chi connectivity index (χ3v) is 5.29. The number of nitrogens with one attached hydrogen (secondary N) is 2. The molecule has 2 unspecified atom stereocenters. The summed E-state index contributed by atoms with van der Waals surface area (Å²) in [4.78, 5) is 18.3. The Kier molecular flexibility index (Phi) is 5.73. The first kappa shape index (κ1) is 22.0. The third kappa shape index (κ3) is 4.23. The molecule has 168 valence electrons. The van der Waals surface area contributed by atoms with E-state index >= 15 is 0 Å². The molecular formula is C19H19ClF3N9. The molecule has 4 heterocycles. The van der Waals surface area contributed by atoms with E-state index in [9.17, 15) is 13.2 Å². The van der Waals surface area contributed by atoms with Crippen LogP contribution in [-0.2, 0) is 6.18 Å². The van der Waals surface area contributed by atoms with Crippen LogP contribution in [0.2, 0.25) is 0 Å². The van der Waals surface area contributed by atoms with Gasteiger partial charge in [0.05, 0.1) is 18.4 Å². The van der Waals surface area contributed by atoms with Crippen molar-refractivity contribution in [3.8, 4) is 11.5 Å². The maximum atomic E-state index is 13.1. The van der Waals surface area contributed by atoms with Crippen molar-refractivity contribution >= 4 is 28.2 Å². The molecular weight excluding hydrogens is 447 g/mol. The highest BCUT2D eigenvalue weighted by molar-refractivity contribution is 6.68. The van der Waals surface area contributed by atoms with E-state index in [-0.39, 0.29) is 28.7 Å². The predicted molar refractivity (Wildman–Crippen MR) is 113 cm³/mol. The summed E-state index contributed by atoms with van der Waals surface area (Å²) in [5.41, 5.74) is 5.63. The highest BCUT2D eigenvalue weighted by atomic mass is 35.5. The number of anilines is 1. The van der Waals surface area contributed by atoms with Gasteiger partial charge in [0.15, 0.2) is 17.2 Å². The van der Waals surface area contributed by atoms with Gasteiger partial charge < -0.3 is 16.0 Å². The summed E-state index contributed by atoms with van der Waals surface area (Å²) in [5, 5.41) is 10.9.